The van der Waals surface area contributed by atoms with Crippen LogP contribution in [0.25, 0.3) is 0 Å². The third kappa shape index (κ3) is 4.86. The number of morpholine rings is 1. The number of carbonyl (C=O) groups is 1. The molecular formula is C22H23ClN4O2S. The zero-order valence-electron chi connectivity index (χ0n) is 16.7. The van der Waals surface area contributed by atoms with Crippen LogP contribution in [-0.4, -0.2) is 52.1 Å². The van der Waals surface area contributed by atoms with Crippen molar-refractivity contribution in [2.45, 2.75) is 23.9 Å². The summed E-state index contributed by atoms with van der Waals surface area (Å²) < 4.78 is 7.57. The number of ether oxygens (including phenoxy) is 1. The van der Waals surface area contributed by atoms with Gasteiger partial charge in [-0.1, -0.05) is 65.8 Å². The first-order valence-electron chi connectivity index (χ1n) is 9.88. The highest BCUT2D eigenvalue weighted by Gasteiger charge is 2.24. The number of ketones is 1. The Morgan fingerprint density at radius 1 is 1.13 bits per heavy atom. The summed E-state index contributed by atoms with van der Waals surface area (Å²) in [7, 11) is 0. The average molecular weight is 443 g/mol. The van der Waals surface area contributed by atoms with Gasteiger partial charge in [0.1, 0.15) is 0 Å². The average Bonchev–Trinajstić information content (AvgIpc) is 3.16. The van der Waals surface area contributed by atoms with Crippen molar-refractivity contribution in [3.8, 4) is 0 Å². The van der Waals surface area contributed by atoms with E-state index < -0.39 is 0 Å². The van der Waals surface area contributed by atoms with E-state index in [1.807, 2.05) is 25.1 Å². The monoisotopic (exact) mass is 442 g/mol. The van der Waals surface area contributed by atoms with Gasteiger partial charge in [0.2, 0.25) is 5.95 Å². The van der Waals surface area contributed by atoms with Crippen molar-refractivity contribution >= 4 is 35.1 Å². The van der Waals surface area contributed by atoms with E-state index in [9.17, 15) is 4.79 Å². The van der Waals surface area contributed by atoms with Crippen molar-refractivity contribution in [1.29, 1.82) is 0 Å². The maximum atomic E-state index is 12.9. The van der Waals surface area contributed by atoms with Crippen LogP contribution in [-0.2, 0) is 11.3 Å². The molecule has 1 aromatic heterocycles. The molecule has 0 aliphatic carbocycles. The Bertz CT molecular complexity index is 1010. The van der Waals surface area contributed by atoms with Crippen molar-refractivity contribution in [3.63, 3.8) is 0 Å². The third-order valence-electron chi connectivity index (χ3n) is 4.94. The van der Waals surface area contributed by atoms with Crippen LogP contribution in [0.1, 0.15) is 22.8 Å². The summed E-state index contributed by atoms with van der Waals surface area (Å²) in [6.45, 7) is 5.42. The molecule has 0 amide bonds. The predicted molar refractivity (Wildman–Crippen MR) is 120 cm³/mol. The first-order valence-corrected chi connectivity index (χ1v) is 11.1. The maximum absolute atomic E-state index is 12.9. The Labute approximate surface area is 185 Å². The molecule has 1 saturated heterocycles. The van der Waals surface area contributed by atoms with Gasteiger partial charge in [-0.25, -0.2) is 0 Å². The number of Topliss-reactive ketones (excluding diaryl/α,β-unsaturated/α-hetero) is 1. The Morgan fingerprint density at radius 2 is 1.90 bits per heavy atom. The quantitative estimate of drug-likeness (QED) is 0.404. The largest absolute Gasteiger partial charge is 0.378 e. The van der Waals surface area contributed by atoms with Crippen LogP contribution in [0.4, 0.5) is 5.95 Å². The molecule has 1 atom stereocenters. The highest BCUT2D eigenvalue weighted by Crippen LogP contribution is 2.29. The number of nitrogens with zero attached hydrogens (tertiary/aromatic N) is 4. The predicted octanol–water partition coefficient (Wildman–Crippen LogP) is 4.18. The number of rotatable bonds is 7. The molecule has 1 aliphatic heterocycles. The minimum atomic E-state index is -0.320. The highest BCUT2D eigenvalue weighted by molar-refractivity contribution is 8.00. The second kappa shape index (κ2) is 9.64. The molecule has 156 valence electrons. The standard InChI is InChI=1S/C22H23ClN4O2S/c1-16(20(28)18-8-5-9-19(23)14-18)30-22-25-24-21(26-10-12-29-13-11-26)27(22)15-17-6-3-2-4-7-17/h2-9,14,16H,10-13,15H2,1H3. The minimum Gasteiger partial charge on any atom is -0.378 e. The molecule has 2 aromatic carbocycles. The van der Waals surface area contributed by atoms with E-state index >= 15 is 0 Å². The molecule has 3 aromatic rings. The second-order valence-corrected chi connectivity index (χ2v) is 8.83. The van der Waals surface area contributed by atoms with Crippen LogP contribution in [0.15, 0.2) is 59.8 Å². The second-order valence-electron chi connectivity index (χ2n) is 7.09. The number of anilines is 1. The van der Waals surface area contributed by atoms with E-state index in [1.165, 1.54) is 11.8 Å². The van der Waals surface area contributed by atoms with Crippen molar-refractivity contribution in [2.75, 3.05) is 31.2 Å². The molecule has 0 bridgehead atoms. The van der Waals surface area contributed by atoms with Gasteiger partial charge >= 0.3 is 0 Å². The van der Waals surface area contributed by atoms with E-state index in [1.54, 1.807) is 24.3 Å². The molecular weight excluding hydrogens is 420 g/mol. The van der Waals surface area contributed by atoms with Crippen molar-refractivity contribution < 1.29 is 9.53 Å². The molecule has 0 spiro atoms. The number of hydrogen-bond acceptors (Lipinski definition) is 6. The fourth-order valence-corrected chi connectivity index (χ4v) is 4.47. The summed E-state index contributed by atoms with van der Waals surface area (Å²) in [6.07, 6.45) is 0. The lowest BCUT2D eigenvalue weighted by molar-refractivity contribution is 0.0994. The third-order valence-corrected chi connectivity index (χ3v) is 6.25. The molecule has 1 unspecified atom stereocenters. The van der Waals surface area contributed by atoms with Crippen molar-refractivity contribution in [2.24, 2.45) is 0 Å². The molecule has 0 radical (unpaired) electrons. The normalized spacial score (nSPS) is 15.2. The minimum absolute atomic E-state index is 0.0182. The summed E-state index contributed by atoms with van der Waals surface area (Å²) in [4.78, 5) is 15.1. The molecule has 2 heterocycles. The van der Waals surface area contributed by atoms with Crippen LogP contribution < -0.4 is 4.90 Å². The molecule has 8 heteroatoms. The maximum Gasteiger partial charge on any atom is 0.228 e. The first kappa shape index (κ1) is 20.9. The molecule has 0 N–H and O–H groups in total. The molecule has 30 heavy (non-hydrogen) atoms. The van der Waals surface area contributed by atoms with E-state index in [4.69, 9.17) is 16.3 Å². The Morgan fingerprint density at radius 3 is 2.63 bits per heavy atom. The van der Waals surface area contributed by atoms with Gasteiger partial charge in [-0.05, 0) is 24.6 Å². The SMILES string of the molecule is CC(Sc1nnc(N2CCOCC2)n1Cc1ccccc1)C(=O)c1cccc(Cl)c1. The number of halogens is 1. The summed E-state index contributed by atoms with van der Waals surface area (Å²) in [5.41, 5.74) is 1.76. The van der Waals surface area contributed by atoms with Gasteiger partial charge in [0.25, 0.3) is 0 Å². The molecule has 0 saturated carbocycles. The van der Waals surface area contributed by atoms with Crippen molar-refractivity contribution in [3.05, 3.63) is 70.7 Å². The lowest BCUT2D eigenvalue weighted by Crippen LogP contribution is -2.38. The van der Waals surface area contributed by atoms with Gasteiger partial charge in [0.05, 0.1) is 25.0 Å². The van der Waals surface area contributed by atoms with E-state index in [0.29, 0.717) is 30.3 Å². The number of thioether (sulfide) groups is 1. The van der Waals surface area contributed by atoms with Crippen LogP contribution in [0, 0.1) is 0 Å². The van der Waals surface area contributed by atoms with Gasteiger partial charge in [-0.2, -0.15) is 0 Å². The molecule has 1 aliphatic rings. The Hall–Kier alpha value is -2.35. The lowest BCUT2D eigenvalue weighted by atomic mass is 10.1. The fraction of sp³-hybridized carbons (Fsp3) is 0.318. The van der Waals surface area contributed by atoms with E-state index in [-0.39, 0.29) is 11.0 Å². The summed E-state index contributed by atoms with van der Waals surface area (Å²) in [5, 5.41) is 9.86. The van der Waals surface area contributed by atoms with Gasteiger partial charge in [-0.3, -0.25) is 9.36 Å². The van der Waals surface area contributed by atoms with Gasteiger partial charge in [-0.15, -0.1) is 10.2 Å². The Balaban J connectivity index is 1.60. The summed E-state index contributed by atoms with van der Waals surface area (Å²) in [5.74, 6) is 0.830. The van der Waals surface area contributed by atoms with Crippen molar-refractivity contribution in [1.82, 2.24) is 14.8 Å². The van der Waals surface area contributed by atoms with Gasteiger partial charge in [0, 0.05) is 23.7 Å². The summed E-state index contributed by atoms with van der Waals surface area (Å²) >= 11 is 7.48. The smallest absolute Gasteiger partial charge is 0.228 e. The Kier molecular flexibility index (Phi) is 6.72. The topological polar surface area (TPSA) is 60.2 Å². The van der Waals surface area contributed by atoms with Crippen LogP contribution >= 0.6 is 23.4 Å². The van der Waals surface area contributed by atoms with Gasteiger partial charge < -0.3 is 9.64 Å². The van der Waals surface area contributed by atoms with Crippen LogP contribution in [0.2, 0.25) is 5.02 Å². The molecule has 6 nitrogen and oxygen atoms in total. The highest BCUT2D eigenvalue weighted by atomic mass is 35.5. The van der Waals surface area contributed by atoms with Crippen LogP contribution in [0.3, 0.4) is 0 Å². The summed E-state index contributed by atoms with van der Waals surface area (Å²) in [6, 6.07) is 17.3. The number of carbonyl (C=O) groups excluding carboxylic acids is 1. The van der Waals surface area contributed by atoms with Gasteiger partial charge in [0.15, 0.2) is 10.9 Å². The fourth-order valence-electron chi connectivity index (χ4n) is 3.36. The van der Waals surface area contributed by atoms with E-state index in [0.717, 1.165) is 29.8 Å². The van der Waals surface area contributed by atoms with E-state index in [2.05, 4.69) is 31.8 Å². The molecule has 4 rings (SSSR count). The zero-order chi connectivity index (χ0) is 20.9. The lowest BCUT2D eigenvalue weighted by Gasteiger charge is -2.28. The zero-order valence-corrected chi connectivity index (χ0v) is 18.3. The first-order chi connectivity index (χ1) is 14.6. The van der Waals surface area contributed by atoms with Crippen LogP contribution in [0.5, 0.6) is 0 Å². The molecule has 1 fully saturated rings. The number of benzene rings is 2. The number of aromatic nitrogens is 3. The number of hydrogen-bond donors (Lipinski definition) is 0.